The van der Waals surface area contributed by atoms with Crippen LogP contribution in [0.2, 0.25) is 0 Å². The van der Waals surface area contributed by atoms with E-state index >= 15 is 0 Å². The van der Waals surface area contributed by atoms with Crippen molar-refractivity contribution in [3.05, 3.63) is 10.1 Å². The van der Waals surface area contributed by atoms with Crippen LogP contribution in [0.3, 0.4) is 0 Å². The molecule has 0 aromatic carbocycles. The van der Waals surface area contributed by atoms with Gasteiger partial charge in [-0.15, -0.1) is 5.43 Å². The van der Waals surface area contributed by atoms with E-state index in [-0.39, 0.29) is 25.3 Å². The zero-order valence-corrected chi connectivity index (χ0v) is 12.3. The van der Waals surface area contributed by atoms with E-state index in [2.05, 4.69) is 10.6 Å². The van der Waals surface area contributed by atoms with Crippen molar-refractivity contribution in [1.29, 1.82) is 5.41 Å². The number of hydrogen-bond acceptors (Lipinski definition) is 5. The summed E-state index contributed by atoms with van der Waals surface area (Å²) in [5.41, 5.74) is 6.94. The highest BCUT2D eigenvalue weighted by atomic mass is 16.7. The molecule has 11 heteroatoms. The van der Waals surface area contributed by atoms with Crippen LogP contribution < -0.4 is 21.8 Å². The van der Waals surface area contributed by atoms with Gasteiger partial charge in [-0.25, -0.2) is 14.9 Å². The van der Waals surface area contributed by atoms with E-state index < -0.39 is 29.0 Å². The first-order chi connectivity index (χ1) is 10.3. The van der Waals surface area contributed by atoms with E-state index in [9.17, 15) is 19.7 Å². The van der Waals surface area contributed by atoms with Gasteiger partial charge in [-0.05, 0) is 19.3 Å². The van der Waals surface area contributed by atoms with Gasteiger partial charge in [-0.1, -0.05) is 13.3 Å². The Morgan fingerprint density at radius 3 is 2.45 bits per heavy atom. The van der Waals surface area contributed by atoms with Gasteiger partial charge in [-0.3, -0.25) is 10.2 Å². The predicted molar refractivity (Wildman–Crippen MR) is 77.5 cm³/mol. The fraction of sp³-hybridized carbons (Fsp3) is 0.727. The monoisotopic (exact) mass is 318 g/mol. The zero-order valence-electron chi connectivity index (χ0n) is 12.3. The molecule has 0 spiro atoms. The Hall–Kier alpha value is -2.59. The fourth-order valence-electron chi connectivity index (χ4n) is 1.73. The average Bonchev–Trinajstić information content (AvgIpc) is 2.40. The van der Waals surface area contributed by atoms with E-state index in [1.165, 1.54) is 0 Å². The zero-order chi connectivity index (χ0) is 17.1. The number of guanidine groups is 1. The highest BCUT2D eigenvalue weighted by Crippen LogP contribution is 2.02. The number of rotatable bonds is 11. The van der Waals surface area contributed by atoms with Crippen LogP contribution in [0.4, 0.5) is 0 Å². The normalized spacial score (nSPS) is 12.8. The Labute approximate surface area is 127 Å². The smallest absolute Gasteiger partial charge is 0.326 e. The number of carbonyl (C=O) groups excluding carboxylic acids is 1. The van der Waals surface area contributed by atoms with E-state index in [0.29, 0.717) is 12.8 Å². The Bertz CT molecular complexity index is 416. The number of aliphatic carboxylic acids is 1. The molecule has 0 aromatic rings. The maximum Gasteiger partial charge on any atom is 0.326 e. The molecule has 0 heterocycles. The van der Waals surface area contributed by atoms with Crippen molar-refractivity contribution in [2.75, 3.05) is 6.54 Å². The number of carboxylic acid groups (broad SMARTS) is 1. The summed E-state index contributed by atoms with van der Waals surface area (Å²) in [4.78, 5) is 33.5. The Morgan fingerprint density at radius 2 is 2.00 bits per heavy atom. The van der Waals surface area contributed by atoms with E-state index in [4.69, 9.17) is 16.2 Å². The molecule has 126 valence electrons. The second-order valence-corrected chi connectivity index (χ2v) is 4.61. The summed E-state index contributed by atoms with van der Waals surface area (Å²) in [5, 5.41) is 30.4. The minimum Gasteiger partial charge on any atom is -0.480 e. The number of nitrogens with one attached hydrogen (secondary N) is 4. The third kappa shape index (κ3) is 8.55. The van der Waals surface area contributed by atoms with Crippen molar-refractivity contribution < 1.29 is 19.7 Å². The third-order valence-corrected chi connectivity index (χ3v) is 2.75. The SMILES string of the molecule is CCC[C@H](NC(=O)[C@H](CCCNC(=N)N)N[N+](=O)[O-])C(=O)O. The van der Waals surface area contributed by atoms with Crippen LogP contribution in [0.5, 0.6) is 0 Å². The standard InChI is InChI=1S/C11H22N6O5/c1-2-4-8(10(19)20)15-9(18)7(16-17(21)22)5-3-6-14-11(12)13/h7-8,16H,2-6H2,1H3,(H,15,18)(H,19,20)(H4,12,13,14)/t7-,8-/m0/s1. The average molecular weight is 318 g/mol. The van der Waals surface area contributed by atoms with Crippen molar-refractivity contribution in [3.8, 4) is 0 Å². The number of hydrazine groups is 1. The maximum absolute atomic E-state index is 12.0. The van der Waals surface area contributed by atoms with Crippen LogP contribution in [0, 0.1) is 15.5 Å². The van der Waals surface area contributed by atoms with Crippen molar-refractivity contribution in [1.82, 2.24) is 16.1 Å². The van der Waals surface area contributed by atoms with Gasteiger partial charge in [-0.2, -0.15) is 0 Å². The quantitative estimate of drug-likeness (QED) is 0.0898. The molecule has 7 N–H and O–H groups in total. The molecule has 0 bridgehead atoms. The molecule has 1 amide bonds. The second-order valence-electron chi connectivity index (χ2n) is 4.61. The molecule has 0 saturated heterocycles. The van der Waals surface area contributed by atoms with E-state index in [0.717, 1.165) is 0 Å². The summed E-state index contributed by atoms with van der Waals surface area (Å²) >= 11 is 0. The van der Waals surface area contributed by atoms with Gasteiger partial charge >= 0.3 is 5.97 Å². The lowest BCUT2D eigenvalue weighted by molar-refractivity contribution is -0.548. The number of nitro groups is 1. The molecule has 2 atom stereocenters. The van der Waals surface area contributed by atoms with Crippen LogP contribution in [-0.2, 0) is 9.59 Å². The van der Waals surface area contributed by atoms with E-state index in [1.54, 1.807) is 6.92 Å². The molecule has 0 rings (SSSR count). The number of carbonyl (C=O) groups is 2. The maximum atomic E-state index is 12.0. The molecule has 0 aliphatic rings. The number of carboxylic acids is 1. The molecule has 0 radical (unpaired) electrons. The highest BCUT2D eigenvalue weighted by Gasteiger charge is 2.27. The Kier molecular flexibility index (Phi) is 8.98. The van der Waals surface area contributed by atoms with Gasteiger partial charge in [0, 0.05) is 6.54 Å². The summed E-state index contributed by atoms with van der Waals surface area (Å²) in [7, 11) is 0. The lowest BCUT2D eigenvalue weighted by Crippen LogP contribution is -2.51. The minimum absolute atomic E-state index is 0.0888. The highest BCUT2D eigenvalue weighted by molar-refractivity contribution is 5.86. The lowest BCUT2D eigenvalue weighted by atomic mass is 10.1. The topological polar surface area (TPSA) is 183 Å². The first-order valence-corrected chi connectivity index (χ1v) is 6.79. The summed E-state index contributed by atoms with van der Waals surface area (Å²) in [6.07, 6.45) is 1.21. The summed E-state index contributed by atoms with van der Waals surface area (Å²) < 4.78 is 0. The van der Waals surface area contributed by atoms with Gasteiger partial charge in [0.15, 0.2) is 17.0 Å². The molecule has 0 aliphatic carbocycles. The first-order valence-electron chi connectivity index (χ1n) is 6.79. The molecular formula is C11H22N6O5. The molecule has 0 unspecified atom stereocenters. The van der Waals surface area contributed by atoms with Gasteiger partial charge in [0.25, 0.3) is 0 Å². The van der Waals surface area contributed by atoms with Crippen LogP contribution in [0.25, 0.3) is 0 Å². The minimum atomic E-state index is -1.19. The van der Waals surface area contributed by atoms with Crippen molar-refractivity contribution >= 4 is 17.8 Å². The van der Waals surface area contributed by atoms with Crippen molar-refractivity contribution in [2.24, 2.45) is 5.73 Å². The van der Waals surface area contributed by atoms with Crippen LogP contribution in [0.1, 0.15) is 32.6 Å². The number of amides is 1. The predicted octanol–water partition coefficient (Wildman–Crippen LogP) is -1.23. The summed E-state index contributed by atoms with van der Waals surface area (Å²) in [6.45, 7) is 2.04. The largest absolute Gasteiger partial charge is 0.480 e. The van der Waals surface area contributed by atoms with Crippen molar-refractivity contribution in [2.45, 2.75) is 44.7 Å². The third-order valence-electron chi connectivity index (χ3n) is 2.75. The molecule has 11 nitrogen and oxygen atoms in total. The summed E-state index contributed by atoms with van der Waals surface area (Å²) in [5.74, 6) is -2.18. The van der Waals surface area contributed by atoms with Crippen LogP contribution in [-0.4, -0.2) is 46.6 Å². The Morgan fingerprint density at radius 1 is 1.36 bits per heavy atom. The fourth-order valence-corrected chi connectivity index (χ4v) is 1.73. The molecule has 0 fully saturated rings. The van der Waals surface area contributed by atoms with Crippen molar-refractivity contribution in [3.63, 3.8) is 0 Å². The van der Waals surface area contributed by atoms with Gasteiger partial charge < -0.3 is 21.5 Å². The lowest BCUT2D eigenvalue weighted by Gasteiger charge is -2.18. The van der Waals surface area contributed by atoms with Gasteiger partial charge in [0.1, 0.15) is 6.04 Å². The molecule has 0 saturated carbocycles. The van der Waals surface area contributed by atoms with E-state index in [1.807, 2.05) is 5.43 Å². The first kappa shape index (κ1) is 19.4. The molecule has 0 aromatic heterocycles. The number of nitrogens with two attached hydrogens (primary N) is 1. The number of hydrogen-bond donors (Lipinski definition) is 6. The molecule has 22 heavy (non-hydrogen) atoms. The Balaban J connectivity index is 4.57. The second kappa shape index (κ2) is 10.2. The number of nitrogens with zero attached hydrogens (tertiary/aromatic N) is 1. The summed E-state index contributed by atoms with van der Waals surface area (Å²) in [6, 6.07) is -2.24. The van der Waals surface area contributed by atoms with Crippen LogP contribution >= 0.6 is 0 Å². The van der Waals surface area contributed by atoms with Gasteiger partial charge in [0.2, 0.25) is 5.91 Å². The molecular weight excluding hydrogens is 296 g/mol. The van der Waals surface area contributed by atoms with Crippen LogP contribution in [0.15, 0.2) is 0 Å². The molecule has 0 aliphatic heterocycles. The van der Waals surface area contributed by atoms with Gasteiger partial charge in [0.05, 0.1) is 0 Å².